The van der Waals surface area contributed by atoms with Crippen LogP contribution < -0.4 is 10.3 Å². The van der Waals surface area contributed by atoms with Crippen molar-refractivity contribution in [2.75, 3.05) is 6.61 Å². The predicted molar refractivity (Wildman–Crippen MR) is 106 cm³/mol. The van der Waals surface area contributed by atoms with Crippen LogP contribution in [0.5, 0.6) is 5.75 Å². The first-order valence-corrected chi connectivity index (χ1v) is 9.40. The van der Waals surface area contributed by atoms with Crippen molar-refractivity contribution in [1.82, 2.24) is 9.78 Å². The second-order valence-electron chi connectivity index (χ2n) is 5.71. The lowest BCUT2D eigenvalue weighted by Gasteiger charge is -2.11. The molecule has 0 fully saturated rings. The van der Waals surface area contributed by atoms with Crippen molar-refractivity contribution in [3.8, 4) is 16.3 Å². The van der Waals surface area contributed by atoms with E-state index in [1.807, 2.05) is 53.9 Å². The molecule has 0 N–H and O–H groups in total. The highest BCUT2D eigenvalue weighted by Gasteiger charge is 2.12. The Morgan fingerprint density at radius 1 is 1.04 bits per heavy atom. The van der Waals surface area contributed by atoms with Crippen LogP contribution in [0.25, 0.3) is 21.3 Å². The van der Waals surface area contributed by atoms with E-state index in [0.717, 1.165) is 16.0 Å². The summed E-state index contributed by atoms with van der Waals surface area (Å²) in [5.74, 6) is 0.671. The van der Waals surface area contributed by atoms with Gasteiger partial charge in [0.25, 0.3) is 5.56 Å². The topological polar surface area (TPSA) is 44.1 Å². The van der Waals surface area contributed by atoms with Crippen LogP contribution in [0.15, 0.2) is 70.8 Å². The number of aromatic nitrogens is 2. The van der Waals surface area contributed by atoms with Gasteiger partial charge in [0.15, 0.2) is 0 Å². The molecule has 2 aromatic heterocycles. The Labute approximate surface area is 159 Å². The molecule has 0 amide bonds. The number of thiophene rings is 1. The van der Waals surface area contributed by atoms with Gasteiger partial charge in [0, 0.05) is 10.4 Å². The summed E-state index contributed by atoms with van der Waals surface area (Å²) in [4.78, 5) is 13.8. The van der Waals surface area contributed by atoms with E-state index in [9.17, 15) is 4.79 Å². The van der Waals surface area contributed by atoms with E-state index in [0.29, 0.717) is 29.3 Å². The monoisotopic (exact) mass is 382 g/mol. The van der Waals surface area contributed by atoms with Crippen molar-refractivity contribution in [3.05, 3.63) is 81.4 Å². The van der Waals surface area contributed by atoms with Crippen LogP contribution in [-0.4, -0.2) is 16.4 Å². The number of hydrogen-bond acceptors (Lipinski definition) is 4. The molecule has 0 spiro atoms. The van der Waals surface area contributed by atoms with Gasteiger partial charge in [-0.1, -0.05) is 41.9 Å². The van der Waals surface area contributed by atoms with Crippen LogP contribution in [0.3, 0.4) is 0 Å². The number of rotatable bonds is 5. The Bertz CT molecular complexity index is 1110. The molecule has 0 aliphatic heterocycles. The summed E-state index contributed by atoms with van der Waals surface area (Å²) in [6, 6.07) is 18.8. The first-order valence-electron chi connectivity index (χ1n) is 8.14. The molecule has 2 heterocycles. The molecule has 0 saturated heterocycles. The summed E-state index contributed by atoms with van der Waals surface area (Å²) in [6.07, 6.45) is 0. The molecule has 0 bridgehead atoms. The molecule has 4 rings (SSSR count). The third kappa shape index (κ3) is 3.36. The highest BCUT2D eigenvalue weighted by molar-refractivity contribution is 7.13. The molecule has 4 aromatic rings. The first-order chi connectivity index (χ1) is 12.7. The quantitative estimate of drug-likeness (QED) is 0.495. The third-order valence-corrected chi connectivity index (χ3v) is 5.10. The van der Waals surface area contributed by atoms with Crippen molar-refractivity contribution in [1.29, 1.82) is 0 Å². The second-order valence-corrected chi connectivity index (χ2v) is 7.09. The maximum Gasteiger partial charge on any atom is 0.274 e. The summed E-state index contributed by atoms with van der Waals surface area (Å²) in [5, 5.41) is 8.75. The van der Waals surface area contributed by atoms with Gasteiger partial charge in [-0.3, -0.25) is 4.79 Å². The van der Waals surface area contributed by atoms with Gasteiger partial charge in [-0.05, 0) is 35.7 Å². The molecule has 0 unspecified atom stereocenters. The average molecular weight is 383 g/mol. The number of ether oxygens (including phenoxy) is 1. The molecule has 0 radical (unpaired) electrons. The van der Waals surface area contributed by atoms with E-state index in [4.69, 9.17) is 16.3 Å². The van der Waals surface area contributed by atoms with Crippen LogP contribution in [0, 0.1) is 0 Å². The number of halogens is 1. The lowest BCUT2D eigenvalue weighted by atomic mass is 10.1. The highest BCUT2D eigenvalue weighted by Crippen LogP contribution is 2.28. The smallest absolute Gasteiger partial charge is 0.274 e. The zero-order valence-electron chi connectivity index (χ0n) is 13.8. The van der Waals surface area contributed by atoms with Gasteiger partial charge in [0.1, 0.15) is 18.1 Å². The Morgan fingerprint density at radius 2 is 1.88 bits per heavy atom. The van der Waals surface area contributed by atoms with Crippen LogP contribution in [0.1, 0.15) is 0 Å². The molecule has 26 heavy (non-hydrogen) atoms. The van der Waals surface area contributed by atoms with Gasteiger partial charge in [-0.2, -0.15) is 5.10 Å². The largest absolute Gasteiger partial charge is 0.492 e. The van der Waals surface area contributed by atoms with Crippen molar-refractivity contribution >= 4 is 33.7 Å². The maximum absolute atomic E-state index is 12.8. The molecular weight excluding hydrogens is 368 g/mol. The normalized spacial score (nSPS) is 11.0. The number of benzene rings is 2. The zero-order valence-corrected chi connectivity index (χ0v) is 15.3. The first kappa shape index (κ1) is 16.8. The molecule has 0 aliphatic rings. The molecular formula is C20H15ClN2O2S. The van der Waals surface area contributed by atoms with Crippen LogP contribution in [0.2, 0.25) is 5.02 Å². The second kappa shape index (κ2) is 7.32. The van der Waals surface area contributed by atoms with E-state index < -0.39 is 0 Å². The Morgan fingerprint density at radius 3 is 2.65 bits per heavy atom. The van der Waals surface area contributed by atoms with Gasteiger partial charge in [-0.25, -0.2) is 4.68 Å². The Balaban J connectivity index is 1.67. The van der Waals surface area contributed by atoms with Crippen molar-refractivity contribution in [3.63, 3.8) is 0 Å². The van der Waals surface area contributed by atoms with Crippen molar-refractivity contribution < 1.29 is 4.74 Å². The molecule has 6 heteroatoms. The molecule has 4 nitrogen and oxygen atoms in total. The average Bonchev–Trinajstić information content (AvgIpc) is 3.18. The number of nitrogens with zero attached hydrogens (tertiary/aromatic N) is 2. The number of fused-ring (bicyclic) bond motifs is 1. The van der Waals surface area contributed by atoms with Gasteiger partial charge in [-0.15, -0.1) is 11.3 Å². The van der Waals surface area contributed by atoms with E-state index >= 15 is 0 Å². The summed E-state index contributed by atoms with van der Waals surface area (Å²) < 4.78 is 7.18. The van der Waals surface area contributed by atoms with E-state index in [1.54, 1.807) is 23.5 Å². The number of hydrogen-bond donors (Lipinski definition) is 0. The summed E-state index contributed by atoms with van der Waals surface area (Å²) in [7, 11) is 0. The van der Waals surface area contributed by atoms with Crippen molar-refractivity contribution in [2.45, 2.75) is 6.54 Å². The molecule has 0 saturated carbocycles. The minimum Gasteiger partial charge on any atom is -0.492 e. The lowest BCUT2D eigenvalue weighted by Crippen LogP contribution is -2.26. The fourth-order valence-electron chi connectivity index (χ4n) is 2.79. The summed E-state index contributed by atoms with van der Waals surface area (Å²) >= 11 is 7.57. The SMILES string of the molecule is O=c1c2ccccc2c(-c2cccs2)nn1CCOc1cccc(Cl)c1. The van der Waals surface area contributed by atoms with Crippen LogP contribution in [-0.2, 0) is 6.54 Å². The van der Waals surface area contributed by atoms with Gasteiger partial charge < -0.3 is 4.74 Å². The molecule has 130 valence electrons. The van der Waals surface area contributed by atoms with Crippen LogP contribution in [0.4, 0.5) is 0 Å². The van der Waals surface area contributed by atoms with Gasteiger partial charge >= 0.3 is 0 Å². The van der Waals surface area contributed by atoms with E-state index in [2.05, 4.69) is 5.10 Å². The van der Waals surface area contributed by atoms with Gasteiger partial charge in [0.05, 0.1) is 16.8 Å². The maximum atomic E-state index is 12.8. The minimum absolute atomic E-state index is 0.115. The molecule has 0 aliphatic carbocycles. The zero-order chi connectivity index (χ0) is 17.9. The highest BCUT2D eigenvalue weighted by atomic mass is 35.5. The molecule has 0 atom stereocenters. The third-order valence-electron chi connectivity index (χ3n) is 3.99. The van der Waals surface area contributed by atoms with E-state index in [1.165, 1.54) is 4.68 Å². The predicted octanol–water partition coefficient (Wildman–Crippen LogP) is 4.86. The lowest BCUT2D eigenvalue weighted by molar-refractivity contribution is 0.288. The van der Waals surface area contributed by atoms with Gasteiger partial charge in [0.2, 0.25) is 0 Å². The summed E-state index contributed by atoms with van der Waals surface area (Å²) in [5.41, 5.74) is 0.702. The Hall–Kier alpha value is -2.63. The Kier molecular flexibility index (Phi) is 4.73. The van der Waals surface area contributed by atoms with Crippen molar-refractivity contribution in [2.24, 2.45) is 0 Å². The standard InChI is InChI=1S/C20H15ClN2O2S/c21-14-5-3-6-15(13-14)25-11-10-23-20(24)17-8-2-1-7-16(17)19(22-23)18-9-4-12-26-18/h1-9,12-13H,10-11H2. The molecule has 2 aromatic carbocycles. The minimum atomic E-state index is -0.115. The fourth-order valence-corrected chi connectivity index (χ4v) is 3.69. The van der Waals surface area contributed by atoms with E-state index in [-0.39, 0.29) is 5.56 Å². The summed E-state index contributed by atoms with van der Waals surface area (Å²) in [6.45, 7) is 0.685. The van der Waals surface area contributed by atoms with Crippen LogP contribution >= 0.6 is 22.9 Å². The fraction of sp³-hybridized carbons (Fsp3) is 0.100.